The van der Waals surface area contributed by atoms with Gasteiger partial charge in [-0.05, 0) is 51.1 Å². The van der Waals surface area contributed by atoms with E-state index in [1.165, 1.54) is 25.9 Å². The van der Waals surface area contributed by atoms with Crippen LogP contribution < -0.4 is 0 Å². The Morgan fingerprint density at radius 1 is 1.00 bits per heavy atom. The topological polar surface area (TPSA) is 3.24 Å². The summed E-state index contributed by atoms with van der Waals surface area (Å²) in [6.45, 7) is 12.4. The smallest absolute Gasteiger partial charge is 0.0206 e. The average molecular weight is 167 g/mol. The van der Waals surface area contributed by atoms with Crippen LogP contribution in [0.3, 0.4) is 0 Å². The van der Waals surface area contributed by atoms with Crippen LogP contribution in [0.2, 0.25) is 0 Å². The summed E-state index contributed by atoms with van der Waals surface area (Å²) >= 11 is 0. The molecular formula is C11H21N. The second-order valence-corrected chi connectivity index (χ2v) is 5.54. The molecule has 1 heteroatoms. The first-order chi connectivity index (χ1) is 5.46. The molecule has 2 bridgehead atoms. The highest BCUT2D eigenvalue weighted by Crippen LogP contribution is 2.51. The molecule has 3 heterocycles. The molecule has 70 valence electrons. The number of piperidine rings is 3. The predicted molar refractivity (Wildman–Crippen MR) is 52.2 cm³/mol. The van der Waals surface area contributed by atoms with Gasteiger partial charge in [-0.1, -0.05) is 13.8 Å². The summed E-state index contributed by atoms with van der Waals surface area (Å²) in [7, 11) is 0. The lowest BCUT2D eigenvalue weighted by Crippen LogP contribution is -2.65. The SMILES string of the molecule is CC1(C)C2CCN(CC2)C1(C)C. The molecule has 0 amide bonds. The summed E-state index contributed by atoms with van der Waals surface area (Å²) in [6, 6.07) is 0. The Labute approximate surface area is 76.1 Å². The van der Waals surface area contributed by atoms with Crippen molar-refractivity contribution in [2.45, 2.75) is 46.1 Å². The molecule has 12 heavy (non-hydrogen) atoms. The van der Waals surface area contributed by atoms with E-state index in [9.17, 15) is 0 Å². The van der Waals surface area contributed by atoms with E-state index in [1.54, 1.807) is 0 Å². The predicted octanol–water partition coefficient (Wildman–Crippen LogP) is 2.52. The highest BCUT2D eigenvalue weighted by atomic mass is 15.2. The van der Waals surface area contributed by atoms with Gasteiger partial charge < -0.3 is 0 Å². The van der Waals surface area contributed by atoms with Gasteiger partial charge in [0.05, 0.1) is 0 Å². The fourth-order valence-corrected chi connectivity index (χ4v) is 3.07. The molecule has 0 saturated carbocycles. The van der Waals surface area contributed by atoms with E-state index in [0.29, 0.717) is 11.0 Å². The van der Waals surface area contributed by atoms with Crippen molar-refractivity contribution in [2.24, 2.45) is 11.3 Å². The van der Waals surface area contributed by atoms with Crippen molar-refractivity contribution in [3.05, 3.63) is 0 Å². The number of hydrogen-bond donors (Lipinski definition) is 0. The number of fused-ring (bicyclic) bond motifs is 3. The molecule has 3 saturated heterocycles. The minimum atomic E-state index is 0.425. The molecule has 3 fully saturated rings. The van der Waals surface area contributed by atoms with Crippen LogP contribution in [0.4, 0.5) is 0 Å². The zero-order chi connectivity index (χ0) is 8.98. The minimum Gasteiger partial charge on any atom is -0.298 e. The number of hydrogen-bond acceptors (Lipinski definition) is 1. The van der Waals surface area contributed by atoms with Gasteiger partial charge in [0.15, 0.2) is 0 Å². The summed E-state index contributed by atoms with van der Waals surface area (Å²) < 4.78 is 0. The summed E-state index contributed by atoms with van der Waals surface area (Å²) in [5.74, 6) is 0.970. The molecule has 0 N–H and O–H groups in total. The van der Waals surface area contributed by atoms with Crippen LogP contribution in [0.25, 0.3) is 0 Å². The Hall–Kier alpha value is -0.0400. The van der Waals surface area contributed by atoms with Crippen molar-refractivity contribution in [1.82, 2.24) is 4.90 Å². The Morgan fingerprint density at radius 2 is 1.50 bits per heavy atom. The Balaban J connectivity index is 2.35. The molecule has 0 aromatic carbocycles. The van der Waals surface area contributed by atoms with Crippen LogP contribution in [0, 0.1) is 11.3 Å². The molecule has 1 nitrogen and oxygen atoms in total. The monoisotopic (exact) mass is 167 g/mol. The quantitative estimate of drug-likeness (QED) is 0.536. The van der Waals surface area contributed by atoms with Crippen molar-refractivity contribution in [2.75, 3.05) is 13.1 Å². The molecule has 0 unspecified atom stereocenters. The molecule has 0 aromatic rings. The third-order valence-corrected chi connectivity index (χ3v) is 4.88. The van der Waals surface area contributed by atoms with Crippen molar-refractivity contribution < 1.29 is 0 Å². The summed E-state index contributed by atoms with van der Waals surface area (Å²) in [5.41, 5.74) is 0.942. The largest absolute Gasteiger partial charge is 0.298 e. The maximum atomic E-state index is 2.67. The van der Waals surface area contributed by atoms with Crippen molar-refractivity contribution in [3.8, 4) is 0 Å². The lowest BCUT2D eigenvalue weighted by atomic mass is 9.58. The van der Waals surface area contributed by atoms with E-state index in [0.717, 1.165) is 5.92 Å². The maximum Gasteiger partial charge on any atom is 0.0206 e. The molecule has 0 atom stereocenters. The molecule has 3 aliphatic heterocycles. The van der Waals surface area contributed by atoms with Crippen LogP contribution in [-0.2, 0) is 0 Å². The van der Waals surface area contributed by atoms with E-state index in [1.807, 2.05) is 0 Å². The van der Waals surface area contributed by atoms with Crippen LogP contribution in [0.5, 0.6) is 0 Å². The van der Waals surface area contributed by atoms with Crippen molar-refractivity contribution >= 4 is 0 Å². The normalized spacial score (nSPS) is 43.0. The highest BCUT2D eigenvalue weighted by molar-refractivity contribution is 5.06. The second kappa shape index (κ2) is 2.25. The molecular weight excluding hydrogens is 146 g/mol. The zero-order valence-corrected chi connectivity index (χ0v) is 8.85. The first kappa shape index (κ1) is 8.55. The van der Waals surface area contributed by atoms with Gasteiger partial charge in [0.25, 0.3) is 0 Å². The minimum absolute atomic E-state index is 0.425. The van der Waals surface area contributed by atoms with E-state index >= 15 is 0 Å². The van der Waals surface area contributed by atoms with E-state index < -0.39 is 0 Å². The number of nitrogens with zero attached hydrogens (tertiary/aromatic N) is 1. The molecule has 0 radical (unpaired) electrons. The maximum absolute atomic E-state index is 2.67. The lowest BCUT2D eigenvalue weighted by Gasteiger charge is -2.62. The molecule has 0 aliphatic carbocycles. The van der Waals surface area contributed by atoms with Crippen LogP contribution in [-0.4, -0.2) is 23.5 Å². The van der Waals surface area contributed by atoms with Crippen LogP contribution in [0.1, 0.15) is 40.5 Å². The number of rotatable bonds is 0. The first-order valence-electron chi connectivity index (χ1n) is 5.21. The molecule has 3 aliphatic rings. The van der Waals surface area contributed by atoms with Gasteiger partial charge in [-0.15, -0.1) is 0 Å². The zero-order valence-electron chi connectivity index (χ0n) is 8.85. The standard InChI is InChI=1S/C11H21N/c1-10(2)9-5-7-12(8-6-9)11(10,3)4/h9H,5-8H2,1-4H3. The van der Waals surface area contributed by atoms with Gasteiger partial charge in [-0.25, -0.2) is 0 Å². The van der Waals surface area contributed by atoms with Gasteiger partial charge in [0, 0.05) is 5.54 Å². The Bertz CT molecular complexity index is 163. The van der Waals surface area contributed by atoms with Crippen molar-refractivity contribution in [3.63, 3.8) is 0 Å². The van der Waals surface area contributed by atoms with E-state index in [-0.39, 0.29) is 0 Å². The summed E-state index contributed by atoms with van der Waals surface area (Å²) in [4.78, 5) is 2.67. The van der Waals surface area contributed by atoms with Gasteiger partial charge in [-0.3, -0.25) is 4.90 Å². The van der Waals surface area contributed by atoms with Crippen LogP contribution in [0.15, 0.2) is 0 Å². The molecule has 0 aromatic heterocycles. The summed E-state index contributed by atoms with van der Waals surface area (Å²) in [6.07, 6.45) is 2.85. The second-order valence-electron chi connectivity index (χ2n) is 5.54. The third kappa shape index (κ3) is 0.834. The fourth-order valence-electron chi connectivity index (χ4n) is 3.07. The lowest BCUT2D eigenvalue weighted by molar-refractivity contribution is -0.117. The van der Waals surface area contributed by atoms with Crippen LogP contribution >= 0.6 is 0 Å². The van der Waals surface area contributed by atoms with Gasteiger partial charge in [0.2, 0.25) is 0 Å². The van der Waals surface area contributed by atoms with E-state index in [4.69, 9.17) is 0 Å². The third-order valence-electron chi connectivity index (χ3n) is 4.88. The van der Waals surface area contributed by atoms with Crippen molar-refractivity contribution in [1.29, 1.82) is 0 Å². The van der Waals surface area contributed by atoms with Gasteiger partial charge in [0.1, 0.15) is 0 Å². The fraction of sp³-hybridized carbons (Fsp3) is 1.00. The Morgan fingerprint density at radius 3 is 1.75 bits per heavy atom. The summed E-state index contributed by atoms with van der Waals surface area (Å²) in [5, 5.41) is 0. The average Bonchev–Trinajstić information content (AvgIpc) is 2.02. The van der Waals surface area contributed by atoms with Gasteiger partial charge >= 0.3 is 0 Å². The highest BCUT2D eigenvalue weighted by Gasteiger charge is 2.52. The first-order valence-corrected chi connectivity index (χ1v) is 5.21. The molecule has 0 spiro atoms. The van der Waals surface area contributed by atoms with E-state index in [2.05, 4.69) is 32.6 Å². The Kier molecular flexibility index (Phi) is 1.61. The van der Waals surface area contributed by atoms with Gasteiger partial charge in [-0.2, -0.15) is 0 Å². The molecule has 3 rings (SSSR count).